The SMILES string of the molecule is CCNC1(C#N)CCNCC1. The van der Waals surface area contributed by atoms with Crippen molar-refractivity contribution < 1.29 is 0 Å². The molecule has 11 heavy (non-hydrogen) atoms. The summed E-state index contributed by atoms with van der Waals surface area (Å²) < 4.78 is 0. The van der Waals surface area contributed by atoms with Crippen molar-refractivity contribution in [2.75, 3.05) is 19.6 Å². The van der Waals surface area contributed by atoms with Crippen molar-refractivity contribution in [2.24, 2.45) is 0 Å². The second kappa shape index (κ2) is 3.70. The Hall–Kier alpha value is -0.590. The minimum Gasteiger partial charge on any atom is -0.317 e. The summed E-state index contributed by atoms with van der Waals surface area (Å²) >= 11 is 0. The molecule has 0 bridgehead atoms. The number of rotatable bonds is 2. The van der Waals surface area contributed by atoms with E-state index >= 15 is 0 Å². The molecule has 1 aliphatic rings. The highest BCUT2D eigenvalue weighted by Gasteiger charge is 2.30. The second-order valence-corrected chi connectivity index (χ2v) is 2.97. The van der Waals surface area contributed by atoms with E-state index in [2.05, 4.69) is 16.7 Å². The van der Waals surface area contributed by atoms with Crippen molar-refractivity contribution in [2.45, 2.75) is 25.3 Å². The lowest BCUT2D eigenvalue weighted by molar-refractivity contribution is 0.317. The molecule has 2 N–H and O–H groups in total. The average Bonchev–Trinajstić information content (AvgIpc) is 2.07. The topological polar surface area (TPSA) is 47.9 Å². The highest BCUT2D eigenvalue weighted by molar-refractivity contribution is 5.08. The molecular formula is C8H15N3. The lowest BCUT2D eigenvalue weighted by atomic mass is 9.90. The van der Waals surface area contributed by atoms with Gasteiger partial charge < -0.3 is 5.32 Å². The summed E-state index contributed by atoms with van der Waals surface area (Å²) in [4.78, 5) is 0. The fourth-order valence-corrected chi connectivity index (χ4v) is 1.52. The van der Waals surface area contributed by atoms with E-state index < -0.39 is 0 Å². The summed E-state index contributed by atoms with van der Waals surface area (Å²) in [5.41, 5.74) is -0.236. The monoisotopic (exact) mass is 153 g/mol. The molecular weight excluding hydrogens is 138 g/mol. The first kappa shape index (κ1) is 8.51. The lowest BCUT2D eigenvalue weighted by Gasteiger charge is -2.31. The van der Waals surface area contributed by atoms with Gasteiger partial charge in [0.1, 0.15) is 5.54 Å². The fourth-order valence-electron chi connectivity index (χ4n) is 1.52. The normalized spacial score (nSPS) is 22.5. The summed E-state index contributed by atoms with van der Waals surface area (Å²) in [5, 5.41) is 15.4. The molecule has 0 amide bonds. The van der Waals surface area contributed by atoms with Gasteiger partial charge in [-0.1, -0.05) is 6.92 Å². The van der Waals surface area contributed by atoms with E-state index in [0.717, 1.165) is 32.5 Å². The van der Waals surface area contributed by atoms with Crippen LogP contribution in [0, 0.1) is 11.3 Å². The van der Waals surface area contributed by atoms with E-state index in [0.29, 0.717) is 0 Å². The summed E-state index contributed by atoms with van der Waals surface area (Å²) in [6, 6.07) is 2.37. The van der Waals surface area contributed by atoms with Crippen molar-refractivity contribution in [1.82, 2.24) is 10.6 Å². The summed E-state index contributed by atoms with van der Waals surface area (Å²) in [7, 11) is 0. The lowest BCUT2D eigenvalue weighted by Crippen LogP contribution is -2.51. The Morgan fingerprint density at radius 1 is 1.55 bits per heavy atom. The molecule has 1 aliphatic heterocycles. The number of nitriles is 1. The highest BCUT2D eigenvalue weighted by atomic mass is 15.0. The van der Waals surface area contributed by atoms with Gasteiger partial charge in [0.25, 0.3) is 0 Å². The van der Waals surface area contributed by atoms with Crippen LogP contribution in [-0.2, 0) is 0 Å². The summed E-state index contributed by atoms with van der Waals surface area (Å²) in [6.45, 7) is 4.84. The molecule has 1 saturated heterocycles. The Labute approximate surface area is 67.8 Å². The van der Waals surface area contributed by atoms with Crippen molar-refractivity contribution in [3.8, 4) is 6.07 Å². The van der Waals surface area contributed by atoms with Gasteiger partial charge in [0.15, 0.2) is 0 Å². The van der Waals surface area contributed by atoms with Crippen LogP contribution in [-0.4, -0.2) is 25.2 Å². The molecule has 0 aromatic carbocycles. The van der Waals surface area contributed by atoms with Crippen LogP contribution in [0.25, 0.3) is 0 Å². The molecule has 3 nitrogen and oxygen atoms in total. The third kappa shape index (κ3) is 1.92. The minimum atomic E-state index is -0.236. The standard InChI is InChI=1S/C8H15N3/c1-2-11-8(7-9)3-5-10-6-4-8/h10-11H,2-6H2,1H3. The zero-order valence-electron chi connectivity index (χ0n) is 6.98. The van der Waals surface area contributed by atoms with E-state index in [1.807, 2.05) is 6.92 Å². The Morgan fingerprint density at radius 2 is 2.18 bits per heavy atom. The molecule has 1 rings (SSSR count). The molecule has 0 unspecified atom stereocenters. The molecule has 0 aromatic rings. The van der Waals surface area contributed by atoms with Gasteiger partial charge in [0.2, 0.25) is 0 Å². The zero-order chi connectivity index (χ0) is 8.16. The maximum Gasteiger partial charge on any atom is 0.109 e. The highest BCUT2D eigenvalue weighted by Crippen LogP contribution is 2.16. The molecule has 0 atom stereocenters. The van der Waals surface area contributed by atoms with Crippen LogP contribution in [0.3, 0.4) is 0 Å². The van der Waals surface area contributed by atoms with Crippen LogP contribution >= 0.6 is 0 Å². The number of nitrogens with one attached hydrogen (secondary N) is 2. The summed E-state index contributed by atoms with van der Waals surface area (Å²) in [6.07, 6.45) is 1.86. The fraction of sp³-hybridized carbons (Fsp3) is 0.875. The average molecular weight is 153 g/mol. The van der Waals surface area contributed by atoms with Crippen LogP contribution in [0.1, 0.15) is 19.8 Å². The Balaban J connectivity index is 2.51. The molecule has 3 heteroatoms. The van der Waals surface area contributed by atoms with E-state index in [9.17, 15) is 0 Å². The zero-order valence-corrected chi connectivity index (χ0v) is 6.98. The Morgan fingerprint density at radius 3 is 2.64 bits per heavy atom. The smallest absolute Gasteiger partial charge is 0.109 e. The van der Waals surface area contributed by atoms with Gasteiger partial charge >= 0.3 is 0 Å². The maximum absolute atomic E-state index is 8.93. The number of hydrogen-bond donors (Lipinski definition) is 2. The third-order valence-electron chi connectivity index (χ3n) is 2.19. The molecule has 0 spiro atoms. The third-order valence-corrected chi connectivity index (χ3v) is 2.19. The van der Waals surface area contributed by atoms with E-state index in [4.69, 9.17) is 5.26 Å². The largest absolute Gasteiger partial charge is 0.317 e. The van der Waals surface area contributed by atoms with Crippen LogP contribution in [0.5, 0.6) is 0 Å². The summed E-state index contributed by atoms with van der Waals surface area (Å²) in [5.74, 6) is 0. The van der Waals surface area contributed by atoms with E-state index in [-0.39, 0.29) is 5.54 Å². The van der Waals surface area contributed by atoms with Crippen molar-refractivity contribution in [1.29, 1.82) is 5.26 Å². The van der Waals surface area contributed by atoms with E-state index in [1.165, 1.54) is 0 Å². The van der Waals surface area contributed by atoms with Crippen molar-refractivity contribution >= 4 is 0 Å². The van der Waals surface area contributed by atoms with Crippen LogP contribution in [0.4, 0.5) is 0 Å². The first-order valence-corrected chi connectivity index (χ1v) is 4.20. The molecule has 0 aromatic heterocycles. The number of piperidine rings is 1. The number of nitrogens with zero attached hydrogens (tertiary/aromatic N) is 1. The van der Waals surface area contributed by atoms with Gasteiger partial charge in [-0.3, -0.25) is 5.32 Å². The van der Waals surface area contributed by atoms with Crippen molar-refractivity contribution in [3.63, 3.8) is 0 Å². The van der Waals surface area contributed by atoms with Gasteiger partial charge in [0, 0.05) is 0 Å². The van der Waals surface area contributed by atoms with Crippen LogP contribution < -0.4 is 10.6 Å². The van der Waals surface area contributed by atoms with Crippen LogP contribution in [0.15, 0.2) is 0 Å². The predicted octanol–water partition coefficient (Wildman–Crippen LogP) is 0.242. The minimum absolute atomic E-state index is 0.236. The van der Waals surface area contributed by atoms with Gasteiger partial charge in [-0.05, 0) is 32.5 Å². The quantitative estimate of drug-likeness (QED) is 0.597. The predicted molar refractivity (Wildman–Crippen MR) is 44.1 cm³/mol. The van der Waals surface area contributed by atoms with Crippen LogP contribution in [0.2, 0.25) is 0 Å². The van der Waals surface area contributed by atoms with Gasteiger partial charge in [0.05, 0.1) is 6.07 Å². The molecule has 1 fully saturated rings. The molecule has 0 radical (unpaired) electrons. The number of hydrogen-bond acceptors (Lipinski definition) is 3. The van der Waals surface area contributed by atoms with E-state index in [1.54, 1.807) is 0 Å². The van der Waals surface area contributed by atoms with Crippen molar-refractivity contribution in [3.05, 3.63) is 0 Å². The second-order valence-electron chi connectivity index (χ2n) is 2.97. The molecule has 62 valence electrons. The van der Waals surface area contributed by atoms with Gasteiger partial charge in [-0.25, -0.2) is 0 Å². The molecule has 0 aliphatic carbocycles. The Bertz CT molecular complexity index is 148. The maximum atomic E-state index is 8.93. The Kier molecular flexibility index (Phi) is 2.86. The molecule has 0 saturated carbocycles. The first-order valence-electron chi connectivity index (χ1n) is 4.20. The first-order chi connectivity index (χ1) is 5.33. The molecule has 1 heterocycles. The van der Waals surface area contributed by atoms with Gasteiger partial charge in [-0.2, -0.15) is 5.26 Å². The van der Waals surface area contributed by atoms with Gasteiger partial charge in [-0.15, -0.1) is 0 Å².